The molecule has 76 valence electrons. The minimum absolute atomic E-state index is 0.511. The minimum Gasteiger partial charge on any atom is -0.493 e. The second-order valence-corrected chi connectivity index (χ2v) is 3.48. The molecule has 0 amide bonds. The van der Waals surface area contributed by atoms with Gasteiger partial charge in [0.15, 0.2) is 0 Å². The highest BCUT2D eigenvalue weighted by Gasteiger charge is 2.14. The molecule has 0 aromatic heterocycles. The highest BCUT2D eigenvalue weighted by atomic mass is 16.6. The first-order valence-electron chi connectivity index (χ1n) is 4.97. The minimum atomic E-state index is 0.511. The predicted molar refractivity (Wildman–Crippen MR) is 54.0 cm³/mol. The number of nitrogens with one attached hydrogen (secondary N) is 1. The Morgan fingerprint density at radius 1 is 1.36 bits per heavy atom. The summed E-state index contributed by atoms with van der Waals surface area (Å²) >= 11 is 0. The molecule has 0 saturated carbocycles. The van der Waals surface area contributed by atoms with Crippen molar-refractivity contribution in [1.29, 1.82) is 0 Å². The van der Waals surface area contributed by atoms with Gasteiger partial charge >= 0.3 is 0 Å². The molecule has 1 aromatic rings. The summed E-state index contributed by atoms with van der Waals surface area (Å²) in [6.07, 6.45) is 1.12. The lowest BCUT2D eigenvalue weighted by Crippen LogP contribution is -2.32. The second kappa shape index (κ2) is 4.98. The zero-order chi connectivity index (χ0) is 9.64. The van der Waals surface area contributed by atoms with Crippen LogP contribution in [0.15, 0.2) is 30.3 Å². The summed E-state index contributed by atoms with van der Waals surface area (Å²) in [5.41, 5.74) is 2.86. The first-order valence-corrected chi connectivity index (χ1v) is 4.97. The fraction of sp³-hybridized carbons (Fsp3) is 0.455. The van der Waals surface area contributed by atoms with Crippen LogP contribution in [0.1, 0.15) is 6.42 Å². The Morgan fingerprint density at radius 2 is 2.21 bits per heavy atom. The van der Waals surface area contributed by atoms with Gasteiger partial charge < -0.3 is 9.57 Å². The van der Waals surface area contributed by atoms with E-state index in [0.717, 1.165) is 31.9 Å². The van der Waals surface area contributed by atoms with Crippen LogP contribution in [0.2, 0.25) is 0 Å². The summed E-state index contributed by atoms with van der Waals surface area (Å²) in [6.45, 7) is 2.40. The van der Waals surface area contributed by atoms with Crippen LogP contribution >= 0.6 is 0 Å². The van der Waals surface area contributed by atoms with Gasteiger partial charge in [0.2, 0.25) is 0 Å². The standard InChI is InChI=1S/C11H15NO2/c1-2-4-11(5-3-1)13-8-10-6-7-12-14-9-10/h1-5,10,12H,6-9H2. The Morgan fingerprint density at radius 3 is 2.93 bits per heavy atom. The molecule has 2 rings (SSSR count). The number of rotatable bonds is 3. The van der Waals surface area contributed by atoms with E-state index in [1.807, 2.05) is 30.3 Å². The van der Waals surface area contributed by atoms with Gasteiger partial charge in [0.1, 0.15) is 5.75 Å². The van der Waals surface area contributed by atoms with Crippen molar-refractivity contribution in [2.24, 2.45) is 5.92 Å². The monoisotopic (exact) mass is 193 g/mol. The maximum atomic E-state index is 5.64. The lowest BCUT2D eigenvalue weighted by molar-refractivity contribution is -0.0297. The second-order valence-electron chi connectivity index (χ2n) is 3.48. The van der Waals surface area contributed by atoms with Crippen LogP contribution in [0.4, 0.5) is 0 Å². The SMILES string of the molecule is c1ccc(OCC2CCNOC2)cc1. The van der Waals surface area contributed by atoms with Gasteiger partial charge in [0, 0.05) is 12.5 Å². The van der Waals surface area contributed by atoms with Crippen LogP contribution in [0.3, 0.4) is 0 Å². The van der Waals surface area contributed by atoms with Gasteiger partial charge in [0.25, 0.3) is 0 Å². The third-order valence-corrected chi connectivity index (χ3v) is 2.30. The van der Waals surface area contributed by atoms with Crippen LogP contribution in [-0.4, -0.2) is 19.8 Å². The molecule has 3 heteroatoms. The Hall–Kier alpha value is -1.06. The number of ether oxygens (including phenoxy) is 1. The van der Waals surface area contributed by atoms with E-state index in [0.29, 0.717) is 5.92 Å². The summed E-state index contributed by atoms with van der Waals surface area (Å²) in [6, 6.07) is 9.90. The van der Waals surface area contributed by atoms with E-state index in [1.54, 1.807) is 0 Å². The van der Waals surface area contributed by atoms with Gasteiger partial charge in [-0.25, -0.2) is 5.48 Å². The summed E-state index contributed by atoms with van der Waals surface area (Å²) < 4.78 is 5.64. The summed E-state index contributed by atoms with van der Waals surface area (Å²) in [5, 5.41) is 0. The lowest BCUT2D eigenvalue weighted by Gasteiger charge is -2.22. The van der Waals surface area contributed by atoms with Gasteiger partial charge in [-0.3, -0.25) is 0 Å². The molecule has 0 radical (unpaired) electrons. The number of hydrogen-bond donors (Lipinski definition) is 1. The third-order valence-electron chi connectivity index (χ3n) is 2.30. The van der Waals surface area contributed by atoms with Gasteiger partial charge in [-0.05, 0) is 18.6 Å². The molecule has 14 heavy (non-hydrogen) atoms. The van der Waals surface area contributed by atoms with Gasteiger partial charge in [-0.2, -0.15) is 0 Å². The molecule has 1 unspecified atom stereocenters. The first kappa shape index (κ1) is 9.49. The molecule has 1 aliphatic heterocycles. The Kier molecular flexibility index (Phi) is 3.38. The average Bonchev–Trinajstić information content (AvgIpc) is 2.29. The Labute approximate surface area is 84.0 Å². The van der Waals surface area contributed by atoms with E-state index in [1.165, 1.54) is 0 Å². The molecule has 1 N–H and O–H groups in total. The van der Waals surface area contributed by atoms with Crippen molar-refractivity contribution in [3.63, 3.8) is 0 Å². The van der Waals surface area contributed by atoms with E-state index < -0.39 is 0 Å². The predicted octanol–water partition coefficient (Wildman–Crippen LogP) is 1.61. The van der Waals surface area contributed by atoms with E-state index in [2.05, 4.69) is 5.48 Å². The highest BCUT2D eigenvalue weighted by molar-refractivity contribution is 5.20. The summed E-state index contributed by atoms with van der Waals surface area (Å²) in [5.74, 6) is 1.45. The zero-order valence-electron chi connectivity index (χ0n) is 8.11. The molecular weight excluding hydrogens is 178 g/mol. The van der Waals surface area contributed by atoms with Gasteiger partial charge in [0.05, 0.1) is 13.2 Å². The molecular formula is C11H15NO2. The molecule has 1 saturated heterocycles. The zero-order valence-corrected chi connectivity index (χ0v) is 8.11. The largest absolute Gasteiger partial charge is 0.493 e. The summed E-state index contributed by atoms with van der Waals surface area (Å²) in [4.78, 5) is 5.14. The number of benzene rings is 1. The normalized spacial score (nSPS) is 21.9. The quantitative estimate of drug-likeness (QED) is 0.791. The van der Waals surface area contributed by atoms with Gasteiger partial charge in [-0.15, -0.1) is 0 Å². The fourth-order valence-corrected chi connectivity index (χ4v) is 1.46. The van der Waals surface area contributed by atoms with Crippen molar-refractivity contribution in [3.05, 3.63) is 30.3 Å². The average molecular weight is 193 g/mol. The van der Waals surface area contributed by atoms with E-state index in [-0.39, 0.29) is 0 Å². The highest BCUT2D eigenvalue weighted by Crippen LogP contribution is 2.13. The molecule has 0 bridgehead atoms. The van der Waals surface area contributed by atoms with Crippen LogP contribution < -0.4 is 10.2 Å². The molecule has 1 heterocycles. The molecule has 1 atom stereocenters. The maximum Gasteiger partial charge on any atom is 0.119 e. The molecule has 1 aliphatic rings. The number of hydroxylamine groups is 1. The van der Waals surface area contributed by atoms with Crippen molar-refractivity contribution < 1.29 is 9.57 Å². The molecule has 3 nitrogen and oxygen atoms in total. The van der Waals surface area contributed by atoms with E-state index >= 15 is 0 Å². The first-order chi connectivity index (χ1) is 6.95. The molecule has 1 fully saturated rings. The van der Waals surface area contributed by atoms with Crippen molar-refractivity contribution in [3.8, 4) is 5.75 Å². The molecule has 0 aliphatic carbocycles. The number of hydrogen-bond acceptors (Lipinski definition) is 3. The van der Waals surface area contributed by atoms with Crippen molar-refractivity contribution >= 4 is 0 Å². The van der Waals surface area contributed by atoms with Crippen molar-refractivity contribution in [2.75, 3.05) is 19.8 Å². The molecule has 0 spiro atoms. The van der Waals surface area contributed by atoms with Crippen molar-refractivity contribution in [2.45, 2.75) is 6.42 Å². The Bertz CT molecular complexity index is 257. The van der Waals surface area contributed by atoms with Gasteiger partial charge in [-0.1, -0.05) is 18.2 Å². The maximum absolute atomic E-state index is 5.64. The molecule has 1 aromatic carbocycles. The van der Waals surface area contributed by atoms with Crippen LogP contribution in [0, 0.1) is 5.92 Å². The van der Waals surface area contributed by atoms with Crippen molar-refractivity contribution in [1.82, 2.24) is 5.48 Å². The topological polar surface area (TPSA) is 30.5 Å². The van der Waals surface area contributed by atoms with E-state index in [9.17, 15) is 0 Å². The van der Waals surface area contributed by atoms with Crippen LogP contribution in [-0.2, 0) is 4.84 Å². The number of para-hydroxylation sites is 1. The van der Waals surface area contributed by atoms with Crippen LogP contribution in [0.25, 0.3) is 0 Å². The smallest absolute Gasteiger partial charge is 0.119 e. The van der Waals surface area contributed by atoms with Crippen LogP contribution in [0.5, 0.6) is 5.75 Å². The Balaban J connectivity index is 1.76. The summed E-state index contributed by atoms with van der Waals surface area (Å²) in [7, 11) is 0. The van der Waals surface area contributed by atoms with E-state index in [4.69, 9.17) is 9.57 Å². The third kappa shape index (κ3) is 2.72. The fourth-order valence-electron chi connectivity index (χ4n) is 1.46. The lowest BCUT2D eigenvalue weighted by atomic mass is 10.1.